The maximum Gasteiger partial charge on any atom is 0.334 e. The Labute approximate surface area is 173 Å². The van der Waals surface area contributed by atoms with Gasteiger partial charge in [0.05, 0.1) is 5.69 Å². The van der Waals surface area contributed by atoms with E-state index in [2.05, 4.69) is 20.3 Å². The number of hydrogen-bond donors (Lipinski definition) is 2. The summed E-state index contributed by atoms with van der Waals surface area (Å²) in [5, 5.41) is 3.89. The molecule has 10 heteroatoms. The summed E-state index contributed by atoms with van der Waals surface area (Å²) in [6.45, 7) is 0.558. The molecule has 1 aliphatic rings. The van der Waals surface area contributed by atoms with Gasteiger partial charge in [0.1, 0.15) is 5.39 Å². The number of anilines is 1. The average Bonchev–Trinajstić information content (AvgIpc) is 3.21. The lowest BCUT2D eigenvalue weighted by atomic mass is 10.2. The normalized spacial score (nSPS) is 12.3. The molecule has 5 rings (SSSR count). The molecule has 2 aromatic heterocycles. The van der Waals surface area contributed by atoms with E-state index < -0.39 is 11.2 Å². The molecule has 0 amide bonds. The van der Waals surface area contributed by atoms with E-state index in [1.54, 1.807) is 30.3 Å². The van der Waals surface area contributed by atoms with Crippen LogP contribution in [0.2, 0.25) is 5.02 Å². The molecule has 0 aliphatic carbocycles. The summed E-state index contributed by atoms with van der Waals surface area (Å²) in [5.41, 5.74) is 0.341. The quantitative estimate of drug-likeness (QED) is 0.518. The SMILES string of the molecule is O=c1[nH]c2nc(NCc3ccc(Cl)cc3)ncc2c(=O)n1-c1ccc2c(c1)OCO2. The third-order valence-corrected chi connectivity index (χ3v) is 4.88. The van der Waals surface area contributed by atoms with Gasteiger partial charge in [0.25, 0.3) is 5.56 Å². The lowest BCUT2D eigenvalue weighted by Crippen LogP contribution is -2.34. The zero-order valence-corrected chi connectivity index (χ0v) is 16.1. The second kappa shape index (κ2) is 7.20. The number of aromatic amines is 1. The fourth-order valence-electron chi connectivity index (χ4n) is 3.13. The molecule has 0 fully saturated rings. The van der Waals surface area contributed by atoms with E-state index in [0.29, 0.717) is 28.8 Å². The van der Waals surface area contributed by atoms with Gasteiger partial charge in [-0.3, -0.25) is 9.78 Å². The van der Waals surface area contributed by atoms with E-state index in [1.807, 2.05) is 12.1 Å². The number of hydrogen-bond acceptors (Lipinski definition) is 7. The predicted octanol–water partition coefficient (Wildman–Crippen LogP) is 2.46. The Kier molecular flexibility index (Phi) is 4.36. The van der Waals surface area contributed by atoms with Gasteiger partial charge in [-0.15, -0.1) is 0 Å². The maximum atomic E-state index is 12.9. The molecular formula is C20H14ClN5O4. The number of nitrogens with zero attached hydrogens (tertiary/aromatic N) is 3. The molecule has 1 aliphatic heterocycles. The van der Waals surface area contributed by atoms with Crippen LogP contribution in [-0.4, -0.2) is 26.3 Å². The van der Waals surface area contributed by atoms with E-state index in [1.165, 1.54) is 6.20 Å². The van der Waals surface area contributed by atoms with Gasteiger partial charge < -0.3 is 14.8 Å². The fourth-order valence-corrected chi connectivity index (χ4v) is 3.26. The van der Waals surface area contributed by atoms with Crippen molar-refractivity contribution in [2.75, 3.05) is 12.1 Å². The number of halogens is 1. The minimum atomic E-state index is -0.617. The van der Waals surface area contributed by atoms with Crippen molar-refractivity contribution in [2.45, 2.75) is 6.54 Å². The molecule has 0 spiro atoms. The first-order chi connectivity index (χ1) is 14.6. The molecular weight excluding hydrogens is 410 g/mol. The van der Waals surface area contributed by atoms with E-state index in [4.69, 9.17) is 21.1 Å². The van der Waals surface area contributed by atoms with Crippen LogP contribution in [0.25, 0.3) is 16.7 Å². The first kappa shape index (κ1) is 18.2. The number of nitrogens with one attached hydrogen (secondary N) is 2. The van der Waals surface area contributed by atoms with Crippen LogP contribution in [0.3, 0.4) is 0 Å². The molecule has 30 heavy (non-hydrogen) atoms. The molecule has 2 aromatic carbocycles. The summed E-state index contributed by atoms with van der Waals surface area (Å²) in [5.74, 6) is 1.31. The molecule has 4 aromatic rings. The first-order valence-electron chi connectivity index (χ1n) is 8.99. The number of aromatic nitrogens is 4. The standard InChI is InChI=1S/C20H14ClN5O4/c21-12-3-1-11(2-4-12)8-22-19-23-9-14-17(24-19)25-20(28)26(18(14)27)13-5-6-15-16(7-13)30-10-29-15/h1-7,9H,8,10H2,(H2,22,23,24,25,28). The van der Waals surface area contributed by atoms with Gasteiger partial charge in [-0.25, -0.2) is 14.3 Å². The summed E-state index contributed by atoms with van der Waals surface area (Å²) in [6, 6.07) is 12.2. The Morgan fingerprint density at radius 2 is 1.90 bits per heavy atom. The van der Waals surface area contributed by atoms with Gasteiger partial charge in [0.2, 0.25) is 12.7 Å². The van der Waals surface area contributed by atoms with Crippen LogP contribution in [0.1, 0.15) is 5.56 Å². The minimum Gasteiger partial charge on any atom is -0.454 e. The lowest BCUT2D eigenvalue weighted by molar-refractivity contribution is 0.174. The zero-order chi connectivity index (χ0) is 20.7. The van der Waals surface area contributed by atoms with Gasteiger partial charge in [0, 0.05) is 23.8 Å². The highest BCUT2D eigenvalue weighted by atomic mass is 35.5. The third kappa shape index (κ3) is 3.25. The summed E-state index contributed by atoms with van der Waals surface area (Å²) < 4.78 is 11.6. The van der Waals surface area contributed by atoms with E-state index >= 15 is 0 Å². The molecule has 0 unspecified atom stereocenters. The Bertz CT molecular complexity index is 1380. The van der Waals surface area contributed by atoms with Crippen LogP contribution in [0.5, 0.6) is 11.5 Å². The van der Waals surface area contributed by atoms with Crippen LogP contribution in [0, 0.1) is 0 Å². The number of fused-ring (bicyclic) bond motifs is 2. The number of ether oxygens (including phenoxy) is 2. The third-order valence-electron chi connectivity index (χ3n) is 4.63. The predicted molar refractivity (Wildman–Crippen MR) is 111 cm³/mol. The Morgan fingerprint density at radius 3 is 2.73 bits per heavy atom. The van der Waals surface area contributed by atoms with Gasteiger partial charge >= 0.3 is 5.69 Å². The summed E-state index contributed by atoms with van der Waals surface area (Å²) in [4.78, 5) is 36.6. The fraction of sp³-hybridized carbons (Fsp3) is 0.100. The van der Waals surface area contributed by atoms with Crippen molar-refractivity contribution in [3.8, 4) is 17.2 Å². The average molecular weight is 424 g/mol. The first-order valence-corrected chi connectivity index (χ1v) is 9.37. The van der Waals surface area contributed by atoms with Crippen molar-refractivity contribution < 1.29 is 9.47 Å². The van der Waals surface area contributed by atoms with Crippen molar-refractivity contribution in [3.05, 3.63) is 80.1 Å². The van der Waals surface area contributed by atoms with Gasteiger partial charge in [-0.05, 0) is 29.8 Å². The highest BCUT2D eigenvalue weighted by molar-refractivity contribution is 6.30. The second-order valence-electron chi connectivity index (χ2n) is 6.54. The summed E-state index contributed by atoms with van der Waals surface area (Å²) >= 11 is 5.88. The maximum absolute atomic E-state index is 12.9. The minimum absolute atomic E-state index is 0.0986. The molecule has 9 nitrogen and oxygen atoms in total. The molecule has 0 bridgehead atoms. The molecule has 0 radical (unpaired) electrons. The van der Waals surface area contributed by atoms with Crippen molar-refractivity contribution in [2.24, 2.45) is 0 Å². The highest BCUT2D eigenvalue weighted by Crippen LogP contribution is 2.33. The van der Waals surface area contributed by atoms with Crippen molar-refractivity contribution in [1.82, 2.24) is 19.5 Å². The zero-order valence-electron chi connectivity index (χ0n) is 15.4. The van der Waals surface area contributed by atoms with Crippen LogP contribution < -0.4 is 26.0 Å². The molecule has 150 valence electrons. The van der Waals surface area contributed by atoms with Gasteiger partial charge in [0.15, 0.2) is 17.1 Å². The van der Waals surface area contributed by atoms with E-state index in [-0.39, 0.29) is 23.8 Å². The molecule has 0 saturated carbocycles. The molecule has 0 atom stereocenters. The smallest absolute Gasteiger partial charge is 0.334 e. The van der Waals surface area contributed by atoms with Crippen molar-refractivity contribution in [3.63, 3.8) is 0 Å². The largest absolute Gasteiger partial charge is 0.454 e. The van der Waals surface area contributed by atoms with Gasteiger partial charge in [-0.1, -0.05) is 23.7 Å². The van der Waals surface area contributed by atoms with Gasteiger partial charge in [-0.2, -0.15) is 4.98 Å². The molecule has 0 saturated heterocycles. The monoisotopic (exact) mass is 423 g/mol. The summed E-state index contributed by atoms with van der Waals surface area (Å²) in [7, 11) is 0. The highest BCUT2D eigenvalue weighted by Gasteiger charge is 2.17. The Morgan fingerprint density at radius 1 is 1.10 bits per heavy atom. The van der Waals surface area contributed by atoms with E-state index in [9.17, 15) is 9.59 Å². The molecule has 2 N–H and O–H groups in total. The van der Waals surface area contributed by atoms with E-state index in [0.717, 1.165) is 10.1 Å². The Balaban J connectivity index is 1.49. The lowest BCUT2D eigenvalue weighted by Gasteiger charge is -2.08. The number of rotatable bonds is 4. The van der Waals surface area contributed by atoms with Crippen LogP contribution in [0.15, 0.2) is 58.3 Å². The number of benzene rings is 2. The van der Waals surface area contributed by atoms with Crippen molar-refractivity contribution in [1.29, 1.82) is 0 Å². The topological polar surface area (TPSA) is 111 Å². The van der Waals surface area contributed by atoms with Crippen LogP contribution in [-0.2, 0) is 6.54 Å². The summed E-state index contributed by atoms with van der Waals surface area (Å²) in [6.07, 6.45) is 1.38. The second-order valence-corrected chi connectivity index (χ2v) is 6.98. The van der Waals surface area contributed by atoms with Crippen LogP contribution >= 0.6 is 11.6 Å². The number of H-pyrrole nitrogens is 1. The van der Waals surface area contributed by atoms with Crippen molar-refractivity contribution >= 4 is 28.6 Å². The van der Waals surface area contributed by atoms with Crippen LogP contribution in [0.4, 0.5) is 5.95 Å². The molecule has 3 heterocycles. The Hall–Kier alpha value is -3.85.